The molecule has 0 bridgehead atoms. The minimum absolute atomic E-state index is 0.0854. The molecule has 0 unspecified atom stereocenters. The number of hydrogen-bond donors (Lipinski definition) is 2. The summed E-state index contributed by atoms with van der Waals surface area (Å²) in [7, 11) is 0. The predicted molar refractivity (Wildman–Crippen MR) is 107 cm³/mol. The summed E-state index contributed by atoms with van der Waals surface area (Å²) in [4.78, 5) is 25.8. The summed E-state index contributed by atoms with van der Waals surface area (Å²) in [6.07, 6.45) is 3.32. The van der Waals surface area contributed by atoms with Gasteiger partial charge in [-0.25, -0.2) is 9.18 Å². The molecule has 0 aromatic heterocycles. The van der Waals surface area contributed by atoms with E-state index in [9.17, 15) is 14.0 Å². The molecule has 2 aromatic rings. The van der Waals surface area contributed by atoms with Gasteiger partial charge in [0.2, 0.25) is 5.91 Å². The number of amides is 1. The number of nitrogens with one attached hydrogen (secondary N) is 1. The molecule has 4 rings (SSSR count). The van der Waals surface area contributed by atoms with Crippen molar-refractivity contribution in [2.24, 2.45) is 0 Å². The number of benzene rings is 2. The van der Waals surface area contributed by atoms with Crippen molar-refractivity contribution in [3.63, 3.8) is 0 Å². The van der Waals surface area contributed by atoms with Crippen molar-refractivity contribution in [2.75, 3.05) is 13.1 Å². The summed E-state index contributed by atoms with van der Waals surface area (Å²) in [5.41, 5.74) is 1.99. The molecule has 0 radical (unpaired) electrons. The van der Waals surface area contributed by atoms with Gasteiger partial charge >= 0.3 is 5.97 Å². The number of aromatic carboxylic acids is 1. The third kappa shape index (κ3) is 4.17. The Labute approximate surface area is 169 Å². The zero-order chi connectivity index (χ0) is 20.4. The van der Waals surface area contributed by atoms with Gasteiger partial charge in [0, 0.05) is 32.0 Å². The fraction of sp³-hybridized carbons (Fsp3) is 0.391. The van der Waals surface area contributed by atoms with Crippen LogP contribution in [-0.2, 0) is 11.3 Å². The second-order valence-corrected chi connectivity index (χ2v) is 8.19. The van der Waals surface area contributed by atoms with Crippen molar-refractivity contribution < 1.29 is 19.1 Å². The van der Waals surface area contributed by atoms with Crippen LogP contribution in [0.15, 0.2) is 48.5 Å². The summed E-state index contributed by atoms with van der Waals surface area (Å²) in [5.74, 6) is -1.03. The van der Waals surface area contributed by atoms with Gasteiger partial charge in [-0.2, -0.15) is 0 Å². The van der Waals surface area contributed by atoms with Crippen LogP contribution in [0.1, 0.15) is 53.1 Å². The first kappa shape index (κ1) is 19.6. The van der Waals surface area contributed by atoms with Gasteiger partial charge in [-0.15, -0.1) is 0 Å². The third-order valence-corrected chi connectivity index (χ3v) is 6.16. The third-order valence-electron chi connectivity index (χ3n) is 6.16. The number of likely N-dealkylation sites (tertiary alicyclic amines) is 1. The van der Waals surface area contributed by atoms with E-state index in [-0.39, 0.29) is 28.7 Å². The molecule has 2 fully saturated rings. The Morgan fingerprint density at radius 1 is 1.14 bits per heavy atom. The monoisotopic (exact) mass is 396 g/mol. The van der Waals surface area contributed by atoms with Crippen molar-refractivity contribution in [1.29, 1.82) is 0 Å². The standard InChI is InChI=1S/C23H25FN2O3/c24-19-10-8-17(9-11-19)20-14-26(13-16-4-6-18(7-5-16)22(28)29)15-23(20)12-2-1-3-21(27)25-23/h4-11,20H,1-3,12-15H2,(H,25,27)(H,28,29)/t20-,23+/m0/s1. The molecule has 2 atom stereocenters. The van der Waals surface area contributed by atoms with Crippen molar-refractivity contribution in [2.45, 2.75) is 43.7 Å². The highest BCUT2D eigenvalue weighted by Gasteiger charge is 2.48. The van der Waals surface area contributed by atoms with Crippen LogP contribution < -0.4 is 5.32 Å². The zero-order valence-electron chi connectivity index (χ0n) is 16.2. The molecular weight excluding hydrogens is 371 g/mol. The molecule has 0 aliphatic carbocycles. The molecule has 29 heavy (non-hydrogen) atoms. The molecule has 2 aliphatic heterocycles. The normalized spacial score (nSPS) is 25.0. The average Bonchev–Trinajstić information content (AvgIpc) is 2.91. The second-order valence-electron chi connectivity index (χ2n) is 8.19. The molecular formula is C23H25FN2O3. The number of halogens is 1. The van der Waals surface area contributed by atoms with Crippen LogP contribution in [0.3, 0.4) is 0 Å². The average molecular weight is 396 g/mol. The first-order valence-corrected chi connectivity index (χ1v) is 10.1. The predicted octanol–water partition coefficient (Wildman–Crippen LogP) is 3.55. The van der Waals surface area contributed by atoms with Crippen molar-refractivity contribution in [3.8, 4) is 0 Å². The lowest BCUT2D eigenvalue weighted by atomic mass is 9.79. The lowest BCUT2D eigenvalue weighted by molar-refractivity contribution is -0.122. The van der Waals surface area contributed by atoms with Crippen LogP contribution in [0.25, 0.3) is 0 Å². The lowest BCUT2D eigenvalue weighted by Crippen LogP contribution is -2.52. The first-order chi connectivity index (χ1) is 13.9. The van der Waals surface area contributed by atoms with Crippen LogP contribution in [-0.4, -0.2) is 40.5 Å². The van der Waals surface area contributed by atoms with E-state index in [1.54, 1.807) is 12.1 Å². The number of rotatable bonds is 4. The number of carbonyl (C=O) groups excluding carboxylic acids is 1. The summed E-state index contributed by atoms with van der Waals surface area (Å²) in [6, 6.07) is 13.5. The Balaban J connectivity index is 1.59. The second kappa shape index (κ2) is 7.95. The van der Waals surface area contributed by atoms with Crippen LogP contribution in [0.5, 0.6) is 0 Å². The molecule has 2 saturated heterocycles. The molecule has 2 N–H and O–H groups in total. The van der Waals surface area contributed by atoms with Crippen LogP contribution in [0.2, 0.25) is 0 Å². The van der Waals surface area contributed by atoms with Gasteiger partial charge in [0.05, 0.1) is 11.1 Å². The molecule has 5 nitrogen and oxygen atoms in total. The van der Waals surface area contributed by atoms with E-state index >= 15 is 0 Å². The van der Waals surface area contributed by atoms with Gasteiger partial charge in [0.15, 0.2) is 0 Å². The molecule has 6 heteroatoms. The zero-order valence-corrected chi connectivity index (χ0v) is 16.2. The maximum Gasteiger partial charge on any atom is 0.335 e. The minimum Gasteiger partial charge on any atom is -0.478 e. The topological polar surface area (TPSA) is 69.6 Å². The largest absolute Gasteiger partial charge is 0.478 e. The van der Waals surface area contributed by atoms with Gasteiger partial charge in [0.1, 0.15) is 5.82 Å². The number of carboxylic acid groups (broad SMARTS) is 1. The van der Waals surface area contributed by atoms with Crippen LogP contribution in [0.4, 0.5) is 4.39 Å². The van der Waals surface area contributed by atoms with E-state index in [0.717, 1.165) is 43.5 Å². The van der Waals surface area contributed by atoms with Gasteiger partial charge in [-0.1, -0.05) is 30.7 Å². The smallest absolute Gasteiger partial charge is 0.335 e. The fourth-order valence-electron chi connectivity index (χ4n) is 4.77. The van der Waals surface area contributed by atoms with E-state index in [1.165, 1.54) is 12.1 Å². The highest BCUT2D eigenvalue weighted by Crippen LogP contribution is 2.41. The van der Waals surface area contributed by atoms with E-state index in [1.807, 2.05) is 24.3 Å². The molecule has 1 spiro atoms. The first-order valence-electron chi connectivity index (χ1n) is 10.1. The van der Waals surface area contributed by atoms with Crippen molar-refractivity contribution in [1.82, 2.24) is 10.2 Å². The lowest BCUT2D eigenvalue weighted by Gasteiger charge is -2.35. The van der Waals surface area contributed by atoms with E-state index in [2.05, 4.69) is 10.2 Å². The molecule has 0 saturated carbocycles. The molecule has 1 amide bonds. The van der Waals surface area contributed by atoms with E-state index in [4.69, 9.17) is 5.11 Å². The van der Waals surface area contributed by atoms with Gasteiger partial charge < -0.3 is 10.4 Å². The fourth-order valence-corrected chi connectivity index (χ4v) is 4.77. The Bertz CT molecular complexity index is 897. The van der Waals surface area contributed by atoms with Crippen molar-refractivity contribution >= 4 is 11.9 Å². The Kier molecular flexibility index (Phi) is 5.37. The summed E-state index contributed by atoms with van der Waals surface area (Å²) >= 11 is 0. The molecule has 2 aliphatic rings. The maximum absolute atomic E-state index is 13.5. The summed E-state index contributed by atoms with van der Waals surface area (Å²) < 4.78 is 13.5. The van der Waals surface area contributed by atoms with Crippen molar-refractivity contribution in [3.05, 3.63) is 71.0 Å². The SMILES string of the molecule is O=C1CCCC[C@]2(CN(Cc3ccc(C(=O)O)cc3)C[C@H]2c2ccc(F)cc2)N1. The minimum atomic E-state index is -0.936. The van der Waals surface area contributed by atoms with E-state index in [0.29, 0.717) is 13.0 Å². The van der Waals surface area contributed by atoms with Gasteiger partial charge in [-0.05, 0) is 48.2 Å². The van der Waals surface area contributed by atoms with Crippen LogP contribution in [0, 0.1) is 5.82 Å². The maximum atomic E-state index is 13.5. The number of nitrogens with zero attached hydrogens (tertiary/aromatic N) is 1. The Hall–Kier alpha value is -2.73. The highest BCUT2D eigenvalue weighted by molar-refractivity contribution is 5.87. The summed E-state index contributed by atoms with van der Waals surface area (Å²) in [5, 5.41) is 12.4. The number of carboxylic acids is 1. The van der Waals surface area contributed by atoms with Gasteiger partial charge in [-0.3, -0.25) is 9.69 Å². The highest BCUT2D eigenvalue weighted by atomic mass is 19.1. The van der Waals surface area contributed by atoms with Gasteiger partial charge in [0.25, 0.3) is 0 Å². The quantitative estimate of drug-likeness (QED) is 0.829. The van der Waals surface area contributed by atoms with Crippen LogP contribution >= 0.6 is 0 Å². The Morgan fingerprint density at radius 2 is 1.86 bits per heavy atom. The Morgan fingerprint density at radius 3 is 2.55 bits per heavy atom. The molecule has 152 valence electrons. The number of hydrogen-bond acceptors (Lipinski definition) is 3. The van der Waals surface area contributed by atoms with E-state index < -0.39 is 5.97 Å². The molecule has 2 heterocycles. The molecule has 2 aromatic carbocycles. The number of carbonyl (C=O) groups is 2. The summed E-state index contributed by atoms with van der Waals surface area (Å²) in [6.45, 7) is 2.16.